The van der Waals surface area contributed by atoms with Crippen LogP contribution in [-0.4, -0.2) is 67.2 Å². The Morgan fingerprint density at radius 2 is 1.74 bits per heavy atom. The van der Waals surface area contributed by atoms with Gasteiger partial charge in [-0.1, -0.05) is 30.3 Å². The first-order chi connectivity index (χ1) is 18.2. The van der Waals surface area contributed by atoms with Gasteiger partial charge >= 0.3 is 6.18 Å². The van der Waals surface area contributed by atoms with Gasteiger partial charge in [0.25, 0.3) is 5.91 Å². The number of ether oxygens (including phenoxy) is 3. The zero-order valence-electron chi connectivity index (χ0n) is 21.0. The van der Waals surface area contributed by atoms with E-state index in [1.54, 1.807) is 0 Å². The van der Waals surface area contributed by atoms with E-state index in [-0.39, 0.29) is 36.0 Å². The predicted molar refractivity (Wildman–Crippen MR) is 130 cm³/mol. The van der Waals surface area contributed by atoms with Gasteiger partial charge < -0.3 is 24.0 Å². The molecule has 202 valence electrons. The minimum absolute atomic E-state index is 0.00959. The average Bonchev–Trinajstić information content (AvgIpc) is 3.59. The molecule has 2 amide bonds. The third kappa shape index (κ3) is 5.49. The normalized spacial score (nSPS) is 21.2. The van der Waals surface area contributed by atoms with Gasteiger partial charge in [-0.05, 0) is 37.0 Å². The van der Waals surface area contributed by atoms with Crippen LogP contribution < -0.4 is 14.2 Å². The van der Waals surface area contributed by atoms with Gasteiger partial charge in [-0.2, -0.15) is 18.4 Å². The molecule has 2 aliphatic heterocycles. The fraction of sp³-hybridized carbons (Fsp3) is 0.444. The van der Waals surface area contributed by atoms with Gasteiger partial charge in [0.1, 0.15) is 18.7 Å². The van der Waals surface area contributed by atoms with Crippen LogP contribution in [0.25, 0.3) is 0 Å². The number of benzene rings is 2. The van der Waals surface area contributed by atoms with Crippen molar-refractivity contribution in [3.05, 3.63) is 53.6 Å². The summed E-state index contributed by atoms with van der Waals surface area (Å²) in [6, 6.07) is 12.0. The van der Waals surface area contributed by atoms with Crippen molar-refractivity contribution in [3.63, 3.8) is 0 Å². The van der Waals surface area contributed by atoms with Crippen molar-refractivity contribution < 1.29 is 37.0 Å². The van der Waals surface area contributed by atoms with E-state index in [2.05, 4.69) is 0 Å². The predicted octanol–water partition coefficient (Wildman–Crippen LogP) is 4.19. The van der Waals surface area contributed by atoms with Crippen molar-refractivity contribution in [2.24, 2.45) is 5.92 Å². The van der Waals surface area contributed by atoms with Crippen molar-refractivity contribution in [3.8, 4) is 23.3 Å². The first-order valence-corrected chi connectivity index (χ1v) is 12.2. The molecular formula is C27H28F3N3O5. The van der Waals surface area contributed by atoms with Crippen LogP contribution in [0, 0.1) is 17.2 Å². The Morgan fingerprint density at radius 3 is 2.32 bits per heavy atom. The molecule has 0 aromatic heterocycles. The summed E-state index contributed by atoms with van der Waals surface area (Å²) in [6.07, 6.45) is -4.12. The highest BCUT2D eigenvalue weighted by Crippen LogP contribution is 2.42. The molecule has 2 aromatic rings. The van der Waals surface area contributed by atoms with Crippen LogP contribution in [0.4, 0.5) is 13.2 Å². The lowest BCUT2D eigenvalue weighted by Crippen LogP contribution is -2.49. The van der Waals surface area contributed by atoms with Crippen molar-refractivity contribution in [2.75, 3.05) is 27.3 Å². The SMILES string of the molecule is COc1cc(C(=O)N2CC(C(F)(F)F)C[C@H]2C(=O)N2CCC[C@H]2C#N)cc(OC)c1OCc1ccccc1. The smallest absolute Gasteiger partial charge is 0.393 e. The summed E-state index contributed by atoms with van der Waals surface area (Å²) in [7, 11) is 2.74. The van der Waals surface area contributed by atoms with Crippen molar-refractivity contribution in [1.29, 1.82) is 5.26 Å². The number of likely N-dealkylation sites (tertiary alicyclic amines) is 2. The minimum Gasteiger partial charge on any atom is -0.493 e. The molecule has 0 spiro atoms. The molecule has 1 unspecified atom stereocenters. The van der Waals surface area contributed by atoms with Gasteiger partial charge in [0.2, 0.25) is 11.7 Å². The first kappa shape index (κ1) is 27.1. The fourth-order valence-corrected chi connectivity index (χ4v) is 4.93. The summed E-state index contributed by atoms with van der Waals surface area (Å²) < 4.78 is 57.8. The van der Waals surface area contributed by atoms with Gasteiger partial charge in [-0.25, -0.2) is 0 Å². The number of hydrogen-bond acceptors (Lipinski definition) is 6. The topological polar surface area (TPSA) is 92.1 Å². The van der Waals surface area contributed by atoms with Crippen LogP contribution in [0.15, 0.2) is 42.5 Å². The molecule has 8 nitrogen and oxygen atoms in total. The van der Waals surface area contributed by atoms with E-state index in [0.717, 1.165) is 10.5 Å². The highest BCUT2D eigenvalue weighted by molar-refractivity contribution is 5.99. The molecule has 0 saturated carbocycles. The number of halogens is 3. The number of rotatable bonds is 7. The molecule has 2 aliphatic rings. The van der Waals surface area contributed by atoms with Crippen LogP contribution in [0.1, 0.15) is 35.2 Å². The van der Waals surface area contributed by atoms with Crippen LogP contribution >= 0.6 is 0 Å². The molecular weight excluding hydrogens is 503 g/mol. The molecule has 0 aliphatic carbocycles. The lowest BCUT2D eigenvalue weighted by molar-refractivity contribution is -0.170. The Balaban J connectivity index is 1.64. The molecule has 3 atom stereocenters. The van der Waals surface area contributed by atoms with Crippen LogP contribution in [0.3, 0.4) is 0 Å². The van der Waals surface area contributed by atoms with Gasteiger partial charge in [-0.15, -0.1) is 0 Å². The van der Waals surface area contributed by atoms with E-state index in [9.17, 15) is 28.0 Å². The van der Waals surface area contributed by atoms with E-state index < -0.39 is 49.0 Å². The highest BCUT2D eigenvalue weighted by atomic mass is 19.4. The van der Waals surface area contributed by atoms with E-state index in [1.165, 1.54) is 31.3 Å². The molecule has 38 heavy (non-hydrogen) atoms. The summed E-state index contributed by atoms with van der Waals surface area (Å²) in [5, 5.41) is 9.38. The summed E-state index contributed by atoms with van der Waals surface area (Å²) in [5.74, 6) is -2.73. The number of carbonyl (C=O) groups excluding carboxylic acids is 2. The molecule has 2 aromatic carbocycles. The van der Waals surface area contributed by atoms with Gasteiger partial charge in [-0.3, -0.25) is 9.59 Å². The third-order valence-corrected chi connectivity index (χ3v) is 6.93. The summed E-state index contributed by atoms with van der Waals surface area (Å²) in [6.45, 7) is -0.214. The monoisotopic (exact) mass is 531 g/mol. The second kappa shape index (κ2) is 11.2. The molecule has 0 bridgehead atoms. The Bertz CT molecular complexity index is 1190. The molecule has 4 rings (SSSR count). The Hall–Kier alpha value is -3.94. The van der Waals surface area contributed by atoms with Crippen LogP contribution in [-0.2, 0) is 11.4 Å². The number of hydrogen-bond donors (Lipinski definition) is 0. The van der Waals surface area contributed by atoms with E-state index in [4.69, 9.17) is 14.2 Å². The average molecular weight is 532 g/mol. The summed E-state index contributed by atoms with van der Waals surface area (Å²) in [4.78, 5) is 29.1. The number of methoxy groups -OCH3 is 2. The first-order valence-electron chi connectivity index (χ1n) is 12.2. The zero-order valence-corrected chi connectivity index (χ0v) is 21.0. The quantitative estimate of drug-likeness (QED) is 0.532. The molecule has 0 radical (unpaired) electrons. The molecule has 2 saturated heterocycles. The maximum atomic E-state index is 13.7. The molecule has 2 heterocycles. The summed E-state index contributed by atoms with van der Waals surface area (Å²) >= 11 is 0. The largest absolute Gasteiger partial charge is 0.493 e. The number of nitrogens with zero attached hydrogens (tertiary/aromatic N) is 3. The second-order valence-corrected chi connectivity index (χ2v) is 9.25. The standard InChI is InChI=1S/C27H28F3N3O5/c1-36-22-11-18(12-23(37-2)24(22)38-16-17-7-4-3-5-8-17)25(34)33-15-19(27(28,29)30)13-21(33)26(35)32-10-6-9-20(32)14-31/h3-5,7-8,11-12,19-21H,6,9-10,13,15-16H2,1-2H3/t19?,20-,21-/m0/s1. The highest BCUT2D eigenvalue weighted by Gasteiger charge is 2.52. The molecule has 2 fully saturated rings. The molecule has 0 N–H and O–H groups in total. The Morgan fingerprint density at radius 1 is 1.08 bits per heavy atom. The minimum atomic E-state index is -4.59. The number of alkyl halides is 3. The Kier molecular flexibility index (Phi) is 7.99. The van der Waals surface area contributed by atoms with Gasteiger partial charge in [0.15, 0.2) is 11.5 Å². The van der Waals surface area contributed by atoms with E-state index in [1.807, 2.05) is 36.4 Å². The van der Waals surface area contributed by atoms with Gasteiger partial charge in [0.05, 0.1) is 26.2 Å². The Labute approximate surface area is 218 Å². The van der Waals surface area contributed by atoms with E-state index >= 15 is 0 Å². The third-order valence-electron chi connectivity index (χ3n) is 6.93. The van der Waals surface area contributed by atoms with Crippen LogP contribution in [0.2, 0.25) is 0 Å². The fourth-order valence-electron chi connectivity index (χ4n) is 4.93. The maximum Gasteiger partial charge on any atom is 0.393 e. The lowest BCUT2D eigenvalue weighted by Gasteiger charge is -2.29. The number of carbonyl (C=O) groups is 2. The lowest BCUT2D eigenvalue weighted by atomic mass is 10.0. The van der Waals surface area contributed by atoms with Crippen LogP contribution in [0.5, 0.6) is 17.2 Å². The van der Waals surface area contributed by atoms with Crippen molar-refractivity contribution in [2.45, 2.75) is 44.1 Å². The maximum absolute atomic E-state index is 13.7. The van der Waals surface area contributed by atoms with E-state index in [0.29, 0.717) is 12.8 Å². The molecule has 11 heteroatoms. The summed E-state index contributed by atoms with van der Waals surface area (Å²) in [5.41, 5.74) is 0.871. The van der Waals surface area contributed by atoms with Gasteiger partial charge in [0, 0.05) is 18.7 Å². The second-order valence-electron chi connectivity index (χ2n) is 9.25. The number of amides is 2. The number of nitriles is 1. The van der Waals surface area contributed by atoms with Crippen molar-refractivity contribution >= 4 is 11.8 Å². The zero-order chi connectivity index (χ0) is 27.4. The van der Waals surface area contributed by atoms with Crippen molar-refractivity contribution in [1.82, 2.24) is 9.80 Å².